The summed E-state index contributed by atoms with van der Waals surface area (Å²) in [5.41, 5.74) is 1.04. The van der Waals surface area contributed by atoms with Crippen LogP contribution in [0, 0.1) is 0 Å². The number of nitrogens with zero attached hydrogens (tertiary/aromatic N) is 3. The normalized spacial score (nSPS) is 22.4. The quantitative estimate of drug-likeness (QED) is 0.679. The number of carboxylic acid groups (broad SMARTS) is 1. The van der Waals surface area contributed by atoms with E-state index in [0.29, 0.717) is 24.9 Å². The minimum Gasteiger partial charge on any atom is -0.478 e. The van der Waals surface area contributed by atoms with Crippen molar-refractivity contribution in [1.82, 2.24) is 9.21 Å². The molecule has 3 heterocycles. The van der Waals surface area contributed by atoms with Crippen molar-refractivity contribution in [2.45, 2.75) is 38.1 Å². The number of benzene rings is 1. The van der Waals surface area contributed by atoms with Crippen molar-refractivity contribution in [3.05, 3.63) is 23.8 Å². The molecule has 3 aliphatic heterocycles. The van der Waals surface area contributed by atoms with Gasteiger partial charge >= 0.3 is 16.2 Å². The molecule has 0 amide bonds. The molecule has 0 aromatic heterocycles. The van der Waals surface area contributed by atoms with Crippen molar-refractivity contribution in [2.24, 2.45) is 0 Å². The molecule has 1 aromatic rings. The molecule has 31 heavy (non-hydrogen) atoms. The van der Waals surface area contributed by atoms with E-state index in [1.165, 1.54) is 42.7 Å². The number of hydrogen-bond acceptors (Lipinski definition) is 6. The van der Waals surface area contributed by atoms with Crippen LogP contribution < -0.4 is 9.62 Å². The molecule has 0 spiro atoms. The SMILES string of the molecule is O=C(O)c1cc(NS(=O)(=O)N2CCOCC2)ccc1N1CCC(N2CCCCC2)CC1. The summed E-state index contributed by atoms with van der Waals surface area (Å²) in [6.07, 6.45) is 5.89. The number of anilines is 2. The van der Waals surface area contributed by atoms with Crippen molar-refractivity contribution in [1.29, 1.82) is 0 Å². The van der Waals surface area contributed by atoms with Gasteiger partial charge in [0.05, 0.1) is 30.2 Å². The molecule has 9 nitrogen and oxygen atoms in total. The van der Waals surface area contributed by atoms with E-state index in [9.17, 15) is 18.3 Å². The van der Waals surface area contributed by atoms with E-state index in [1.807, 2.05) is 0 Å². The summed E-state index contributed by atoms with van der Waals surface area (Å²) < 4.78 is 34.2. The number of carbonyl (C=O) groups is 1. The fourth-order valence-corrected chi connectivity index (χ4v) is 5.99. The average Bonchev–Trinajstić information content (AvgIpc) is 2.80. The van der Waals surface area contributed by atoms with Crippen molar-refractivity contribution in [3.63, 3.8) is 0 Å². The minimum absolute atomic E-state index is 0.124. The molecule has 3 saturated heterocycles. The van der Waals surface area contributed by atoms with Crippen molar-refractivity contribution < 1.29 is 23.1 Å². The molecule has 0 unspecified atom stereocenters. The molecule has 2 N–H and O–H groups in total. The third-order valence-corrected chi connectivity index (χ3v) is 8.03. The summed E-state index contributed by atoms with van der Waals surface area (Å²) in [4.78, 5) is 16.7. The molecule has 172 valence electrons. The van der Waals surface area contributed by atoms with Gasteiger partial charge in [0.15, 0.2) is 0 Å². The number of likely N-dealkylation sites (tertiary alicyclic amines) is 1. The Morgan fingerprint density at radius 3 is 2.32 bits per heavy atom. The molecule has 10 heteroatoms. The first-order chi connectivity index (χ1) is 14.9. The molecule has 0 saturated carbocycles. The highest BCUT2D eigenvalue weighted by Gasteiger charge is 2.28. The van der Waals surface area contributed by atoms with Crippen molar-refractivity contribution >= 4 is 27.6 Å². The average molecular weight is 453 g/mol. The van der Waals surface area contributed by atoms with Gasteiger partial charge in [0.2, 0.25) is 0 Å². The minimum atomic E-state index is -3.75. The Labute approximate surface area is 184 Å². The van der Waals surface area contributed by atoms with Crippen molar-refractivity contribution in [3.8, 4) is 0 Å². The molecule has 4 rings (SSSR count). The second-order valence-corrected chi connectivity index (χ2v) is 10.1. The van der Waals surface area contributed by atoms with E-state index in [-0.39, 0.29) is 24.3 Å². The van der Waals surface area contributed by atoms with Crippen LogP contribution in [-0.2, 0) is 14.9 Å². The lowest BCUT2D eigenvalue weighted by Gasteiger charge is -2.41. The van der Waals surface area contributed by atoms with Gasteiger partial charge in [0.25, 0.3) is 0 Å². The van der Waals surface area contributed by atoms with Crippen LogP contribution >= 0.6 is 0 Å². The first-order valence-electron chi connectivity index (χ1n) is 11.2. The van der Waals surface area contributed by atoms with Gasteiger partial charge in [-0.05, 0) is 57.0 Å². The van der Waals surface area contributed by atoms with E-state index in [0.717, 1.165) is 25.9 Å². The first kappa shape index (κ1) is 22.3. The lowest BCUT2D eigenvalue weighted by atomic mass is 9.98. The fraction of sp³-hybridized carbons (Fsp3) is 0.667. The number of morpholine rings is 1. The van der Waals surface area contributed by atoms with Crippen molar-refractivity contribution in [2.75, 3.05) is 62.1 Å². The van der Waals surface area contributed by atoms with Gasteiger partial charge < -0.3 is 19.6 Å². The lowest BCUT2D eigenvalue weighted by Crippen LogP contribution is -2.47. The second-order valence-electron chi connectivity index (χ2n) is 8.47. The Bertz CT molecular complexity index is 874. The van der Waals surface area contributed by atoms with Gasteiger partial charge in [-0.2, -0.15) is 12.7 Å². The van der Waals surface area contributed by atoms with E-state index in [2.05, 4.69) is 14.5 Å². The predicted molar refractivity (Wildman–Crippen MR) is 119 cm³/mol. The molecule has 0 bridgehead atoms. The Balaban J connectivity index is 1.45. The number of piperidine rings is 2. The van der Waals surface area contributed by atoms with Crippen LogP contribution in [0.15, 0.2) is 18.2 Å². The van der Waals surface area contributed by atoms with Gasteiger partial charge in [-0.25, -0.2) is 4.79 Å². The number of hydrogen-bond donors (Lipinski definition) is 2. The fourth-order valence-electron chi connectivity index (χ4n) is 4.80. The Morgan fingerprint density at radius 1 is 1.00 bits per heavy atom. The Hall–Kier alpha value is -1.88. The molecule has 3 fully saturated rings. The molecular weight excluding hydrogens is 420 g/mol. The molecule has 0 aliphatic carbocycles. The monoisotopic (exact) mass is 452 g/mol. The van der Waals surface area contributed by atoms with Crippen LogP contribution in [0.1, 0.15) is 42.5 Å². The molecule has 0 atom stereocenters. The topological polar surface area (TPSA) is 102 Å². The maximum absolute atomic E-state index is 12.6. The summed E-state index contributed by atoms with van der Waals surface area (Å²) in [5, 5.41) is 9.78. The zero-order chi connectivity index (χ0) is 21.8. The van der Waals surface area contributed by atoms with E-state index < -0.39 is 16.2 Å². The van der Waals surface area contributed by atoms with Crippen LogP contribution in [0.25, 0.3) is 0 Å². The number of aromatic carboxylic acids is 1. The molecule has 3 aliphatic rings. The van der Waals surface area contributed by atoms with Gasteiger partial charge in [-0.15, -0.1) is 0 Å². The third kappa shape index (κ3) is 5.31. The summed E-state index contributed by atoms with van der Waals surface area (Å²) in [5.74, 6) is -1.06. The number of nitrogens with one attached hydrogen (secondary N) is 1. The molecular formula is C21H32N4O5S. The van der Waals surface area contributed by atoms with E-state index in [4.69, 9.17) is 4.74 Å². The van der Waals surface area contributed by atoms with E-state index in [1.54, 1.807) is 12.1 Å². The summed E-state index contributed by atoms with van der Waals surface area (Å²) in [6, 6.07) is 5.37. The maximum atomic E-state index is 12.6. The van der Waals surface area contributed by atoms with E-state index >= 15 is 0 Å². The zero-order valence-electron chi connectivity index (χ0n) is 17.8. The van der Waals surface area contributed by atoms with Crippen LogP contribution in [-0.4, -0.2) is 87.2 Å². The zero-order valence-corrected chi connectivity index (χ0v) is 18.6. The molecule has 1 aromatic carbocycles. The van der Waals surface area contributed by atoms with Crippen LogP contribution in [0.5, 0.6) is 0 Å². The molecule has 0 radical (unpaired) electrons. The Morgan fingerprint density at radius 2 is 1.68 bits per heavy atom. The van der Waals surface area contributed by atoms with Crippen LogP contribution in [0.2, 0.25) is 0 Å². The van der Waals surface area contributed by atoms with Gasteiger partial charge in [0.1, 0.15) is 0 Å². The number of rotatable bonds is 6. The predicted octanol–water partition coefficient (Wildman–Crippen LogP) is 1.83. The van der Waals surface area contributed by atoms with Gasteiger partial charge in [-0.1, -0.05) is 6.42 Å². The van der Waals surface area contributed by atoms with Gasteiger partial charge in [0, 0.05) is 32.2 Å². The second kappa shape index (κ2) is 9.72. The summed E-state index contributed by atoms with van der Waals surface area (Å²) in [7, 11) is -3.75. The lowest BCUT2D eigenvalue weighted by molar-refractivity contribution is 0.0697. The highest BCUT2D eigenvalue weighted by atomic mass is 32.2. The Kier molecular flexibility index (Phi) is 7.00. The number of carboxylic acids is 1. The standard InChI is InChI=1S/C21H32N4O5S/c26-21(27)19-16-17(22-31(28,29)25-12-14-30-15-13-25)4-5-20(19)24-10-6-18(7-11-24)23-8-2-1-3-9-23/h4-5,16,18,22H,1-3,6-15H2,(H,26,27). The number of ether oxygens (including phenoxy) is 1. The highest BCUT2D eigenvalue weighted by molar-refractivity contribution is 7.90. The highest BCUT2D eigenvalue weighted by Crippen LogP contribution is 2.30. The third-order valence-electron chi connectivity index (χ3n) is 6.50. The van der Waals surface area contributed by atoms with Crippen LogP contribution in [0.3, 0.4) is 0 Å². The summed E-state index contributed by atoms with van der Waals surface area (Å²) in [6.45, 7) is 5.23. The largest absolute Gasteiger partial charge is 0.478 e. The maximum Gasteiger partial charge on any atom is 0.337 e. The van der Waals surface area contributed by atoms with Gasteiger partial charge in [-0.3, -0.25) is 4.72 Å². The van der Waals surface area contributed by atoms with Crippen LogP contribution in [0.4, 0.5) is 11.4 Å². The summed E-state index contributed by atoms with van der Waals surface area (Å²) >= 11 is 0. The first-order valence-corrected chi connectivity index (χ1v) is 12.6. The smallest absolute Gasteiger partial charge is 0.337 e.